The van der Waals surface area contributed by atoms with Crippen molar-refractivity contribution in [3.63, 3.8) is 0 Å². The summed E-state index contributed by atoms with van der Waals surface area (Å²) in [6.07, 6.45) is 1.50. The van der Waals surface area contributed by atoms with E-state index in [1.54, 1.807) is 0 Å². The van der Waals surface area contributed by atoms with Gasteiger partial charge in [-0.15, -0.1) is 0 Å². The molecule has 0 aromatic carbocycles. The second kappa shape index (κ2) is 4.42. The van der Waals surface area contributed by atoms with E-state index in [2.05, 4.69) is 6.58 Å². The Balaban J connectivity index is 2.09. The maximum Gasteiger partial charge on any atom is 0.309 e. The van der Waals surface area contributed by atoms with E-state index in [1.807, 2.05) is 13.8 Å². The molecular weight excluding hydrogens is 220 g/mol. The van der Waals surface area contributed by atoms with Gasteiger partial charge in [0.1, 0.15) is 0 Å². The molecule has 0 N–H and O–H groups in total. The first kappa shape index (κ1) is 12.6. The fraction of sp³-hybridized carbons (Fsp3) is 0.769. The van der Waals surface area contributed by atoms with E-state index in [9.17, 15) is 4.79 Å². The van der Waals surface area contributed by atoms with Crippen molar-refractivity contribution in [3.8, 4) is 0 Å². The van der Waals surface area contributed by atoms with E-state index in [0.29, 0.717) is 13.0 Å². The van der Waals surface area contributed by atoms with Crippen LogP contribution in [0.5, 0.6) is 0 Å². The van der Waals surface area contributed by atoms with Crippen LogP contribution in [-0.2, 0) is 19.0 Å². The Bertz CT molecular complexity index is 334. The van der Waals surface area contributed by atoms with Crippen LogP contribution in [0.4, 0.5) is 0 Å². The van der Waals surface area contributed by atoms with Gasteiger partial charge < -0.3 is 14.2 Å². The maximum absolute atomic E-state index is 11.7. The number of esters is 1. The minimum atomic E-state index is -0.546. The SMILES string of the molecule is C=C1CC(C(=O)OC)C(C2COC(C)(C)O2)C1. The van der Waals surface area contributed by atoms with Gasteiger partial charge in [-0.2, -0.15) is 0 Å². The predicted octanol–water partition coefficient (Wildman–Crippen LogP) is 1.89. The molecule has 1 saturated carbocycles. The van der Waals surface area contributed by atoms with E-state index in [-0.39, 0.29) is 23.9 Å². The van der Waals surface area contributed by atoms with Gasteiger partial charge in [0.05, 0.1) is 25.7 Å². The third kappa shape index (κ3) is 2.53. The Morgan fingerprint density at radius 2 is 2.18 bits per heavy atom. The van der Waals surface area contributed by atoms with Crippen LogP contribution < -0.4 is 0 Å². The molecule has 4 heteroatoms. The van der Waals surface area contributed by atoms with Gasteiger partial charge >= 0.3 is 5.97 Å². The lowest BCUT2D eigenvalue weighted by atomic mass is 9.91. The van der Waals surface area contributed by atoms with E-state index in [1.165, 1.54) is 7.11 Å². The smallest absolute Gasteiger partial charge is 0.309 e. The average molecular weight is 240 g/mol. The third-order valence-electron chi connectivity index (χ3n) is 3.56. The summed E-state index contributed by atoms with van der Waals surface area (Å²) in [6, 6.07) is 0. The number of ether oxygens (including phenoxy) is 3. The van der Waals surface area contributed by atoms with Gasteiger partial charge in [0, 0.05) is 5.92 Å². The third-order valence-corrected chi connectivity index (χ3v) is 3.56. The summed E-state index contributed by atoms with van der Waals surface area (Å²) in [5.74, 6) is -0.705. The number of hydrogen-bond acceptors (Lipinski definition) is 4. The second-order valence-corrected chi connectivity index (χ2v) is 5.32. The van der Waals surface area contributed by atoms with Gasteiger partial charge in [0.25, 0.3) is 0 Å². The summed E-state index contributed by atoms with van der Waals surface area (Å²) in [5.41, 5.74) is 1.10. The van der Waals surface area contributed by atoms with Crippen LogP contribution in [0.25, 0.3) is 0 Å². The molecule has 0 spiro atoms. The summed E-state index contributed by atoms with van der Waals surface area (Å²) >= 11 is 0. The molecule has 0 bridgehead atoms. The van der Waals surface area contributed by atoms with Gasteiger partial charge in [0.15, 0.2) is 5.79 Å². The molecule has 4 nitrogen and oxygen atoms in total. The molecule has 17 heavy (non-hydrogen) atoms. The molecule has 3 unspecified atom stereocenters. The Morgan fingerprint density at radius 3 is 2.71 bits per heavy atom. The van der Waals surface area contributed by atoms with Gasteiger partial charge in [-0.25, -0.2) is 0 Å². The monoisotopic (exact) mass is 240 g/mol. The lowest BCUT2D eigenvalue weighted by Crippen LogP contribution is -2.32. The Labute approximate surface area is 102 Å². The highest BCUT2D eigenvalue weighted by Crippen LogP contribution is 2.42. The maximum atomic E-state index is 11.7. The summed E-state index contributed by atoms with van der Waals surface area (Å²) < 4.78 is 16.2. The summed E-state index contributed by atoms with van der Waals surface area (Å²) in [6.45, 7) is 8.30. The lowest BCUT2D eigenvalue weighted by Gasteiger charge is -2.24. The molecule has 1 aliphatic heterocycles. The zero-order valence-electron chi connectivity index (χ0n) is 10.7. The van der Waals surface area contributed by atoms with Crippen LogP contribution in [0.1, 0.15) is 26.7 Å². The molecule has 2 fully saturated rings. The minimum absolute atomic E-state index is 0.0339. The highest BCUT2D eigenvalue weighted by atomic mass is 16.7. The van der Waals surface area contributed by atoms with Crippen molar-refractivity contribution < 1.29 is 19.0 Å². The predicted molar refractivity (Wildman–Crippen MR) is 62.3 cm³/mol. The lowest BCUT2D eigenvalue weighted by molar-refractivity contribution is -0.157. The van der Waals surface area contributed by atoms with Crippen molar-refractivity contribution in [3.05, 3.63) is 12.2 Å². The molecule has 0 aromatic rings. The highest BCUT2D eigenvalue weighted by Gasteiger charge is 2.46. The zero-order valence-corrected chi connectivity index (χ0v) is 10.7. The molecule has 96 valence electrons. The van der Waals surface area contributed by atoms with Crippen molar-refractivity contribution in [1.82, 2.24) is 0 Å². The van der Waals surface area contributed by atoms with Crippen LogP contribution in [0, 0.1) is 11.8 Å². The number of rotatable bonds is 2. The number of carbonyl (C=O) groups excluding carboxylic acids is 1. The number of carbonyl (C=O) groups is 1. The Kier molecular flexibility index (Phi) is 3.27. The molecule has 0 radical (unpaired) electrons. The van der Waals surface area contributed by atoms with Crippen molar-refractivity contribution >= 4 is 5.97 Å². The van der Waals surface area contributed by atoms with Gasteiger partial charge in [0.2, 0.25) is 0 Å². The molecule has 3 atom stereocenters. The average Bonchev–Trinajstić information content (AvgIpc) is 2.80. The zero-order chi connectivity index (χ0) is 12.6. The van der Waals surface area contributed by atoms with E-state index < -0.39 is 5.79 Å². The molecule has 2 aliphatic rings. The van der Waals surface area contributed by atoms with Gasteiger partial charge in [-0.05, 0) is 26.7 Å². The topological polar surface area (TPSA) is 44.8 Å². The van der Waals surface area contributed by atoms with Crippen molar-refractivity contribution in [2.45, 2.75) is 38.6 Å². The highest BCUT2D eigenvalue weighted by molar-refractivity contribution is 5.73. The molecule has 1 heterocycles. The Hall–Kier alpha value is -0.870. The van der Waals surface area contributed by atoms with Gasteiger partial charge in [-0.1, -0.05) is 12.2 Å². The molecule has 0 amide bonds. The standard InChI is InChI=1S/C13H20O4/c1-8-5-9(10(6-8)12(14)15-4)11-7-16-13(2,3)17-11/h9-11H,1,5-7H2,2-4H3. The number of allylic oxidation sites excluding steroid dienone is 1. The summed E-state index contributed by atoms with van der Waals surface area (Å²) in [5, 5.41) is 0. The number of methoxy groups -OCH3 is 1. The molecular formula is C13H20O4. The molecule has 2 rings (SSSR count). The fourth-order valence-electron chi connectivity index (χ4n) is 2.75. The largest absolute Gasteiger partial charge is 0.469 e. The van der Waals surface area contributed by atoms with Crippen molar-refractivity contribution in [2.24, 2.45) is 11.8 Å². The first-order valence-electron chi connectivity index (χ1n) is 5.99. The normalized spacial score (nSPS) is 36.2. The van der Waals surface area contributed by atoms with Crippen molar-refractivity contribution in [1.29, 1.82) is 0 Å². The fourth-order valence-corrected chi connectivity index (χ4v) is 2.75. The Morgan fingerprint density at radius 1 is 1.47 bits per heavy atom. The molecule has 1 saturated heterocycles. The van der Waals surface area contributed by atoms with E-state index >= 15 is 0 Å². The summed E-state index contributed by atoms with van der Waals surface area (Å²) in [4.78, 5) is 11.7. The first-order chi connectivity index (χ1) is 7.93. The van der Waals surface area contributed by atoms with Crippen LogP contribution >= 0.6 is 0 Å². The van der Waals surface area contributed by atoms with Gasteiger partial charge in [-0.3, -0.25) is 4.79 Å². The molecule has 1 aliphatic carbocycles. The van der Waals surface area contributed by atoms with Crippen LogP contribution in [0.3, 0.4) is 0 Å². The van der Waals surface area contributed by atoms with Crippen LogP contribution in [0.2, 0.25) is 0 Å². The molecule has 0 aromatic heterocycles. The van der Waals surface area contributed by atoms with E-state index in [4.69, 9.17) is 14.2 Å². The quantitative estimate of drug-likeness (QED) is 0.546. The minimum Gasteiger partial charge on any atom is -0.469 e. The van der Waals surface area contributed by atoms with Crippen LogP contribution in [-0.4, -0.2) is 31.6 Å². The first-order valence-corrected chi connectivity index (χ1v) is 5.99. The number of hydrogen-bond donors (Lipinski definition) is 0. The second-order valence-electron chi connectivity index (χ2n) is 5.32. The van der Waals surface area contributed by atoms with E-state index in [0.717, 1.165) is 12.0 Å². The summed E-state index contributed by atoms with van der Waals surface area (Å²) in [7, 11) is 1.43. The van der Waals surface area contributed by atoms with Crippen LogP contribution in [0.15, 0.2) is 12.2 Å². The van der Waals surface area contributed by atoms with Crippen molar-refractivity contribution in [2.75, 3.05) is 13.7 Å².